The van der Waals surface area contributed by atoms with Crippen LogP contribution in [0.25, 0.3) is 16.9 Å². The largest absolute Gasteiger partial charge is 0.513 e. The molecule has 6 heteroatoms. The Kier molecular flexibility index (Phi) is 4.29. The minimum Gasteiger partial charge on any atom is -0.437 e. The number of halogens is 1. The van der Waals surface area contributed by atoms with E-state index in [0.29, 0.717) is 22.8 Å². The fourth-order valence-corrected chi connectivity index (χ4v) is 2.35. The molecule has 0 atom stereocenters. The summed E-state index contributed by atoms with van der Waals surface area (Å²) < 4.78 is 24.6. The number of carbonyl (C=O) groups is 1. The van der Waals surface area contributed by atoms with Crippen LogP contribution in [0.5, 0.6) is 5.75 Å². The van der Waals surface area contributed by atoms with Crippen molar-refractivity contribution in [2.24, 2.45) is 0 Å². The Bertz CT molecular complexity index is 858. The van der Waals surface area contributed by atoms with Gasteiger partial charge in [-0.15, -0.1) is 0 Å². The summed E-state index contributed by atoms with van der Waals surface area (Å²) in [5.74, 6) is -0.0322. The molecule has 3 aromatic rings. The molecule has 0 N–H and O–H groups in total. The van der Waals surface area contributed by atoms with Crippen LogP contribution >= 0.6 is 0 Å². The average Bonchev–Trinajstić information content (AvgIpc) is 2.93. The molecule has 2 aromatic carbocycles. The van der Waals surface area contributed by atoms with Gasteiger partial charge in [-0.1, -0.05) is 30.3 Å². The van der Waals surface area contributed by atoms with Crippen LogP contribution in [0, 0.1) is 12.7 Å². The second kappa shape index (κ2) is 6.54. The highest BCUT2D eigenvalue weighted by Crippen LogP contribution is 2.34. The van der Waals surface area contributed by atoms with Crippen LogP contribution in [0.3, 0.4) is 0 Å². The third-order valence-corrected chi connectivity index (χ3v) is 3.53. The summed E-state index contributed by atoms with van der Waals surface area (Å²) in [6, 6.07) is 15.2. The monoisotopic (exact) mass is 326 g/mol. The van der Waals surface area contributed by atoms with Crippen molar-refractivity contribution in [1.82, 2.24) is 9.78 Å². The number of methoxy groups -OCH3 is 1. The van der Waals surface area contributed by atoms with Crippen molar-refractivity contribution in [2.75, 3.05) is 7.11 Å². The van der Waals surface area contributed by atoms with Gasteiger partial charge in [-0.05, 0) is 31.2 Å². The number of carbonyl (C=O) groups excluding carboxylic acids is 1. The van der Waals surface area contributed by atoms with E-state index in [0.717, 1.165) is 5.56 Å². The molecule has 24 heavy (non-hydrogen) atoms. The molecule has 3 rings (SSSR count). The molecule has 1 heterocycles. The third-order valence-electron chi connectivity index (χ3n) is 3.53. The maximum Gasteiger partial charge on any atom is 0.513 e. The number of rotatable bonds is 3. The van der Waals surface area contributed by atoms with Gasteiger partial charge in [0.25, 0.3) is 0 Å². The van der Waals surface area contributed by atoms with E-state index >= 15 is 0 Å². The highest BCUT2D eigenvalue weighted by atomic mass is 19.1. The molecule has 0 spiro atoms. The van der Waals surface area contributed by atoms with Crippen LogP contribution < -0.4 is 4.74 Å². The molecule has 5 nitrogen and oxygen atoms in total. The van der Waals surface area contributed by atoms with Crippen LogP contribution in [0.4, 0.5) is 9.18 Å². The van der Waals surface area contributed by atoms with Crippen molar-refractivity contribution in [3.63, 3.8) is 0 Å². The quantitative estimate of drug-likeness (QED) is 0.679. The Hall–Kier alpha value is -3.15. The molecule has 0 aliphatic heterocycles. The zero-order valence-corrected chi connectivity index (χ0v) is 13.2. The smallest absolute Gasteiger partial charge is 0.437 e. The van der Waals surface area contributed by atoms with E-state index in [9.17, 15) is 9.18 Å². The van der Waals surface area contributed by atoms with Gasteiger partial charge in [-0.3, -0.25) is 0 Å². The second-order valence-electron chi connectivity index (χ2n) is 5.07. The van der Waals surface area contributed by atoms with Crippen molar-refractivity contribution < 1.29 is 18.7 Å². The Morgan fingerprint density at radius 3 is 2.38 bits per heavy atom. The Morgan fingerprint density at radius 1 is 1.08 bits per heavy atom. The van der Waals surface area contributed by atoms with Crippen LogP contribution in [-0.4, -0.2) is 23.0 Å². The zero-order chi connectivity index (χ0) is 17.1. The van der Waals surface area contributed by atoms with Crippen molar-refractivity contribution in [2.45, 2.75) is 6.92 Å². The van der Waals surface area contributed by atoms with Crippen LogP contribution in [0.1, 0.15) is 5.69 Å². The number of hydrogen-bond donors (Lipinski definition) is 0. The summed E-state index contributed by atoms with van der Waals surface area (Å²) in [6.07, 6.45) is -0.825. The van der Waals surface area contributed by atoms with Gasteiger partial charge in [0.05, 0.1) is 18.5 Å². The van der Waals surface area contributed by atoms with E-state index in [4.69, 9.17) is 4.74 Å². The van der Waals surface area contributed by atoms with E-state index in [1.165, 1.54) is 19.2 Å². The standard InChI is InChI=1S/C18H15FN2O3/c1-12-17(24-18(22)23-2)16(13-6-4-3-5-7-13)20-21(12)15-10-8-14(19)9-11-15/h3-11H,1-2H3. The first-order valence-corrected chi connectivity index (χ1v) is 7.27. The highest BCUT2D eigenvalue weighted by Gasteiger charge is 2.21. The molecular formula is C18H15FN2O3. The summed E-state index contributed by atoms with van der Waals surface area (Å²) >= 11 is 0. The van der Waals surface area contributed by atoms with Crippen molar-refractivity contribution in [3.8, 4) is 22.7 Å². The fourth-order valence-electron chi connectivity index (χ4n) is 2.35. The molecule has 0 aliphatic rings. The Balaban J connectivity index is 2.15. The summed E-state index contributed by atoms with van der Waals surface area (Å²) in [6.45, 7) is 1.76. The maximum atomic E-state index is 13.2. The molecule has 0 radical (unpaired) electrons. The lowest BCUT2D eigenvalue weighted by molar-refractivity contribution is 0.121. The van der Waals surface area contributed by atoms with E-state index in [1.54, 1.807) is 23.7 Å². The number of hydrogen-bond acceptors (Lipinski definition) is 4. The lowest BCUT2D eigenvalue weighted by atomic mass is 10.1. The normalized spacial score (nSPS) is 10.5. The molecule has 0 saturated heterocycles. The first-order valence-electron chi connectivity index (χ1n) is 7.27. The minimum atomic E-state index is -0.825. The Labute approximate surface area is 138 Å². The van der Waals surface area contributed by atoms with Crippen molar-refractivity contribution in [1.29, 1.82) is 0 Å². The number of ether oxygens (including phenoxy) is 2. The van der Waals surface area contributed by atoms with Gasteiger partial charge in [0, 0.05) is 5.56 Å². The highest BCUT2D eigenvalue weighted by molar-refractivity contribution is 5.73. The average molecular weight is 326 g/mol. The number of aromatic nitrogens is 2. The predicted octanol–water partition coefficient (Wildman–Crippen LogP) is 4.13. The van der Waals surface area contributed by atoms with E-state index < -0.39 is 6.16 Å². The second-order valence-corrected chi connectivity index (χ2v) is 5.07. The molecular weight excluding hydrogens is 311 g/mol. The Morgan fingerprint density at radius 2 is 1.75 bits per heavy atom. The lowest BCUT2D eigenvalue weighted by Crippen LogP contribution is -2.08. The lowest BCUT2D eigenvalue weighted by Gasteiger charge is -2.05. The zero-order valence-electron chi connectivity index (χ0n) is 13.2. The fraction of sp³-hybridized carbons (Fsp3) is 0.111. The van der Waals surface area contributed by atoms with Crippen molar-refractivity contribution >= 4 is 6.16 Å². The van der Waals surface area contributed by atoms with Gasteiger partial charge in [0.1, 0.15) is 11.5 Å². The van der Waals surface area contributed by atoms with Gasteiger partial charge < -0.3 is 9.47 Å². The van der Waals surface area contributed by atoms with Crippen LogP contribution in [0.15, 0.2) is 54.6 Å². The van der Waals surface area contributed by atoms with Crippen LogP contribution in [-0.2, 0) is 4.74 Å². The van der Waals surface area contributed by atoms with E-state index in [-0.39, 0.29) is 5.82 Å². The van der Waals surface area contributed by atoms with Gasteiger partial charge in [0.15, 0.2) is 5.75 Å². The topological polar surface area (TPSA) is 53.4 Å². The van der Waals surface area contributed by atoms with Gasteiger partial charge in [0.2, 0.25) is 0 Å². The van der Waals surface area contributed by atoms with Crippen molar-refractivity contribution in [3.05, 3.63) is 66.1 Å². The first-order chi connectivity index (χ1) is 11.6. The van der Waals surface area contributed by atoms with E-state index in [2.05, 4.69) is 9.84 Å². The maximum absolute atomic E-state index is 13.2. The summed E-state index contributed by atoms with van der Waals surface area (Å²) in [5, 5.41) is 4.53. The molecule has 0 aliphatic carbocycles. The molecule has 122 valence electrons. The molecule has 0 amide bonds. The van der Waals surface area contributed by atoms with Gasteiger partial charge in [-0.25, -0.2) is 13.9 Å². The predicted molar refractivity (Wildman–Crippen MR) is 86.7 cm³/mol. The molecule has 0 fully saturated rings. The van der Waals surface area contributed by atoms with E-state index in [1.807, 2.05) is 30.3 Å². The first kappa shape index (κ1) is 15.7. The molecule has 0 unspecified atom stereocenters. The third kappa shape index (κ3) is 2.99. The van der Waals surface area contributed by atoms with Gasteiger partial charge >= 0.3 is 6.16 Å². The molecule has 0 saturated carbocycles. The molecule has 0 bridgehead atoms. The van der Waals surface area contributed by atoms with Gasteiger partial charge in [-0.2, -0.15) is 5.10 Å². The summed E-state index contributed by atoms with van der Waals surface area (Å²) in [4.78, 5) is 11.6. The molecule has 1 aromatic heterocycles. The van der Waals surface area contributed by atoms with Crippen LogP contribution in [0.2, 0.25) is 0 Å². The minimum absolute atomic E-state index is 0.303. The summed E-state index contributed by atoms with van der Waals surface area (Å²) in [5.41, 5.74) is 2.56. The number of nitrogens with zero attached hydrogens (tertiary/aromatic N) is 2. The number of benzene rings is 2. The summed E-state index contributed by atoms with van der Waals surface area (Å²) in [7, 11) is 1.24. The SMILES string of the molecule is COC(=O)Oc1c(-c2ccccc2)nn(-c2ccc(F)cc2)c1C.